The zero-order valence-corrected chi connectivity index (χ0v) is 14.3. The molecule has 0 bridgehead atoms. The third kappa shape index (κ3) is 4.83. The summed E-state index contributed by atoms with van der Waals surface area (Å²) in [7, 11) is -1.39. The van der Waals surface area contributed by atoms with E-state index in [9.17, 15) is 8.42 Å². The second-order valence-corrected chi connectivity index (χ2v) is 8.28. The van der Waals surface area contributed by atoms with Gasteiger partial charge in [0, 0.05) is 23.1 Å². The van der Waals surface area contributed by atoms with Gasteiger partial charge in [0.2, 0.25) is 10.0 Å². The summed E-state index contributed by atoms with van der Waals surface area (Å²) in [6.45, 7) is 2.11. The zero-order valence-electron chi connectivity index (χ0n) is 12.0. The fraction of sp³-hybridized carbons (Fsp3) is 0.571. The SMILES string of the molecule is CNCC1CCN(S(=O)(=O)Cc2cc(Cl)cc(Cl)c2)CC1. The Morgan fingerprint density at radius 1 is 1.19 bits per heavy atom. The molecule has 0 spiro atoms. The minimum atomic E-state index is -3.31. The molecule has 1 aromatic carbocycles. The van der Waals surface area contributed by atoms with E-state index < -0.39 is 10.0 Å². The maximum Gasteiger partial charge on any atom is 0.218 e. The van der Waals surface area contributed by atoms with Crippen molar-refractivity contribution in [2.45, 2.75) is 18.6 Å². The molecule has 1 saturated heterocycles. The van der Waals surface area contributed by atoms with Crippen LogP contribution in [-0.4, -0.2) is 39.4 Å². The first-order valence-electron chi connectivity index (χ1n) is 6.98. The lowest BCUT2D eigenvalue weighted by Gasteiger charge is -2.31. The second kappa shape index (κ2) is 7.29. The predicted octanol–water partition coefficient (Wildman–Crippen LogP) is 2.75. The van der Waals surface area contributed by atoms with Gasteiger partial charge in [-0.15, -0.1) is 0 Å². The summed E-state index contributed by atoms with van der Waals surface area (Å²) in [5.74, 6) is 0.506. The Kier molecular flexibility index (Phi) is 5.91. The van der Waals surface area contributed by atoms with Gasteiger partial charge in [0.05, 0.1) is 5.75 Å². The molecule has 0 amide bonds. The minimum Gasteiger partial charge on any atom is -0.319 e. The molecule has 1 aromatic rings. The first-order valence-corrected chi connectivity index (χ1v) is 9.34. The van der Waals surface area contributed by atoms with Crippen LogP contribution in [0.3, 0.4) is 0 Å². The predicted molar refractivity (Wildman–Crippen MR) is 87.3 cm³/mol. The van der Waals surface area contributed by atoms with Crippen LogP contribution in [0, 0.1) is 5.92 Å². The summed E-state index contributed by atoms with van der Waals surface area (Å²) < 4.78 is 26.5. The topological polar surface area (TPSA) is 49.4 Å². The maximum absolute atomic E-state index is 12.5. The highest BCUT2D eigenvalue weighted by atomic mass is 35.5. The monoisotopic (exact) mass is 350 g/mol. The van der Waals surface area contributed by atoms with Gasteiger partial charge in [-0.1, -0.05) is 23.2 Å². The number of benzene rings is 1. The van der Waals surface area contributed by atoms with Crippen molar-refractivity contribution in [3.63, 3.8) is 0 Å². The van der Waals surface area contributed by atoms with Gasteiger partial charge >= 0.3 is 0 Å². The molecular weight excluding hydrogens is 331 g/mol. The van der Waals surface area contributed by atoms with Crippen molar-refractivity contribution in [3.05, 3.63) is 33.8 Å². The molecule has 0 unspecified atom stereocenters. The fourth-order valence-corrected chi connectivity index (χ4v) is 4.79. The van der Waals surface area contributed by atoms with Gasteiger partial charge in [0.25, 0.3) is 0 Å². The van der Waals surface area contributed by atoms with E-state index in [-0.39, 0.29) is 5.75 Å². The van der Waals surface area contributed by atoms with Gasteiger partial charge in [-0.05, 0) is 56.1 Å². The van der Waals surface area contributed by atoms with Gasteiger partial charge in [-0.3, -0.25) is 0 Å². The third-order valence-corrected chi connectivity index (χ3v) is 6.02. The number of halogens is 2. The quantitative estimate of drug-likeness (QED) is 0.888. The van der Waals surface area contributed by atoms with Gasteiger partial charge in [0.1, 0.15) is 0 Å². The number of hydrogen-bond acceptors (Lipinski definition) is 3. The lowest BCUT2D eigenvalue weighted by atomic mass is 9.98. The minimum absolute atomic E-state index is 0.0516. The Hall–Kier alpha value is -0.330. The Balaban J connectivity index is 2.02. The third-order valence-electron chi connectivity index (χ3n) is 3.73. The van der Waals surface area contributed by atoms with Gasteiger partial charge in [-0.25, -0.2) is 12.7 Å². The molecule has 7 heteroatoms. The summed E-state index contributed by atoms with van der Waals surface area (Å²) in [6, 6.07) is 4.90. The van der Waals surface area contributed by atoms with Crippen LogP contribution in [0.25, 0.3) is 0 Å². The highest BCUT2D eigenvalue weighted by molar-refractivity contribution is 7.88. The van der Waals surface area contributed by atoms with E-state index >= 15 is 0 Å². The summed E-state index contributed by atoms with van der Waals surface area (Å²) in [5, 5.41) is 4.06. The number of rotatable bonds is 5. The Bertz CT molecular complexity index is 564. The highest BCUT2D eigenvalue weighted by Crippen LogP contribution is 2.24. The van der Waals surface area contributed by atoms with Crippen LogP contribution in [0.5, 0.6) is 0 Å². The molecule has 21 heavy (non-hydrogen) atoms. The van der Waals surface area contributed by atoms with Crippen molar-refractivity contribution in [2.75, 3.05) is 26.7 Å². The largest absolute Gasteiger partial charge is 0.319 e. The van der Waals surface area contributed by atoms with Crippen molar-refractivity contribution < 1.29 is 8.42 Å². The summed E-state index contributed by atoms with van der Waals surface area (Å²) in [6.07, 6.45) is 1.80. The Morgan fingerprint density at radius 3 is 2.29 bits per heavy atom. The Morgan fingerprint density at radius 2 is 1.76 bits per heavy atom. The maximum atomic E-state index is 12.5. The van der Waals surface area contributed by atoms with Crippen LogP contribution >= 0.6 is 23.2 Å². The molecule has 0 aliphatic carbocycles. The standard InChI is InChI=1S/C14H20Cl2N2O2S/c1-17-9-11-2-4-18(5-3-11)21(19,20)10-12-6-13(15)8-14(16)7-12/h6-8,11,17H,2-5,9-10H2,1H3. The molecule has 1 aliphatic rings. The van der Waals surface area contributed by atoms with Gasteiger partial charge in [0.15, 0.2) is 0 Å². The number of piperidine rings is 1. The van der Waals surface area contributed by atoms with Crippen LogP contribution in [0.15, 0.2) is 18.2 Å². The smallest absolute Gasteiger partial charge is 0.218 e. The normalized spacial score (nSPS) is 18.0. The summed E-state index contributed by atoms with van der Waals surface area (Å²) in [4.78, 5) is 0. The van der Waals surface area contributed by atoms with E-state index in [2.05, 4.69) is 5.32 Å². The van der Waals surface area contributed by atoms with E-state index in [0.717, 1.165) is 19.4 Å². The summed E-state index contributed by atoms with van der Waals surface area (Å²) >= 11 is 11.8. The Labute approximate surface area is 136 Å². The molecular formula is C14H20Cl2N2O2S. The van der Waals surface area contributed by atoms with Crippen molar-refractivity contribution in [2.24, 2.45) is 5.92 Å². The summed E-state index contributed by atoms with van der Waals surface area (Å²) in [5.41, 5.74) is 0.629. The molecule has 1 heterocycles. The van der Waals surface area contributed by atoms with Crippen molar-refractivity contribution >= 4 is 33.2 Å². The number of nitrogens with one attached hydrogen (secondary N) is 1. The van der Waals surface area contributed by atoms with E-state index in [1.54, 1.807) is 22.5 Å². The van der Waals surface area contributed by atoms with Crippen LogP contribution in [0.4, 0.5) is 0 Å². The van der Waals surface area contributed by atoms with E-state index in [1.165, 1.54) is 0 Å². The molecule has 1 fully saturated rings. The number of sulfonamides is 1. The van der Waals surface area contributed by atoms with E-state index in [0.29, 0.717) is 34.6 Å². The van der Waals surface area contributed by atoms with Crippen LogP contribution in [-0.2, 0) is 15.8 Å². The number of hydrogen-bond donors (Lipinski definition) is 1. The van der Waals surface area contributed by atoms with Crippen molar-refractivity contribution in [1.82, 2.24) is 9.62 Å². The van der Waals surface area contributed by atoms with Crippen molar-refractivity contribution in [1.29, 1.82) is 0 Å². The van der Waals surface area contributed by atoms with E-state index in [1.807, 2.05) is 7.05 Å². The fourth-order valence-electron chi connectivity index (χ4n) is 2.68. The molecule has 0 aromatic heterocycles. The van der Waals surface area contributed by atoms with Crippen LogP contribution < -0.4 is 5.32 Å². The van der Waals surface area contributed by atoms with Gasteiger partial charge < -0.3 is 5.32 Å². The second-order valence-electron chi connectivity index (χ2n) is 5.43. The van der Waals surface area contributed by atoms with Crippen LogP contribution in [0.2, 0.25) is 10.0 Å². The molecule has 0 radical (unpaired) electrons. The zero-order chi connectivity index (χ0) is 15.5. The highest BCUT2D eigenvalue weighted by Gasteiger charge is 2.27. The average Bonchev–Trinajstić information content (AvgIpc) is 2.38. The first kappa shape index (κ1) is 17.0. The molecule has 1 N–H and O–H groups in total. The molecule has 4 nitrogen and oxygen atoms in total. The molecule has 0 atom stereocenters. The lowest BCUT2D eigenvalue weighted by molar-refractivity contribution is 0.270. The van der Waals surface area contributed by atoms with Crippen molar-refractivity contribution in [3.8, 4) is 0 Å². The average molecular weight is 351 g/mol. The lowest BCUT2D eigenvalue weighted by Crippen LogP contribution is -2.40. The van der Waals surface area contributed by atoms with E-state index in [4.69, 9.17) is 23.2 Å². The number of nitrogens with zero attached hydrogens (tertiary/aromatic N) is 1. The molecule has 1 aliphatic heterocycles. The first-order chi connectivity index (χ1) is 9.90. The molecule has 2 rings (SSSR count). The molecule has 118 valence electrons. The molecule has 0 saturated carbocycles. The van der Waals surface area contributed by atoms with Gasteiger partial charge in [-0.2, -0.15) is 0 Å². The van der Waals surface area contributed by atoms with Crippen LogP contribution in [0.1, 0.15) is 18.4 Å².